The van der Waals surface area contributed by atoms with Gasteiger partial charge in [0.25, 0.3) is 5.91 Å². The second kappa shape index (κ2) is 5.32. The van der Waals surface area contributed by atoms with Gasteiger partial charge in [0.05, 0.1) is 24.0 Å². The summed E-state index contributed by atoms with van der Waals surface area (Å²) in [5, 5.41) is 10.9. The zero-order valence-electron chi connectivity index (χ0n) is 10.4. The second-order valence-electron chi connectivity index (χ2n) is 4.35. The first kappa shape index (κ1) is 12.8. The maximum atomic E-state index is 12.0. The van der Waals surface area contributed by atoms with Crippen LogP contribution in [-0.4, -0.2) is 21.7 Å². The van der Waals surface area contributed by atoms with Crippen LogP contribution in [0.2, 0.25) is 0 Å². The maximum absolute atomic E-state index is 12.0. The Morgan fingerprint density at radius 2 is 2.39 bits per heavy atom. The second-order valence-corrected chi connectivity index (χ2v) is 5.09. The molecule has 2 rings (SSSR count). The number of carbonyl (C=O) groups excluding carboxylic acids is 1. The molecule has 0 saturated carbocycles. The molecule has 0 fully saturated rings. The van der Waals surface area contributed by atoms with Gasteiger partial charge in [-0.05, 0) is 24.8 Å². The van der Waals surface area contributed by atoms with E-state index < -0.39 is 0 Å². The highest BCUT2D eigenvalue weighted by molar-refractivity contribution is 7.08. The number of nitrogens with one attached hydrogen (secondary N) is 1. The molecule has 18 heavy (non-hydrogen) atoms. The number of carbonyl (C=O) groups is 1. The number of nitrogens with zero attached hydrogens (tertiary/aromatic N) is 2. The topological polar surface area (TPSA) is 72.9 Å². The van der Waals surface area contributed by atoms with E-state index in [1.807, 2.05) is 24.6 Å². The molecule has 2 aromatic rings. The third-order valence-electron chi connectivity index (χ3n) is 2.47. The molecule has 0 aromatic carbocycles. The number of anilines is 1. The molecule has 3 N–H and O–H groups in total. The van der Waals surface area contributed by atoms with Crippen molar-refractivity contribution in [3.05, 3.63) is 34.3 Å². The molecule has 0 saturated heterocycles. The van der Waals surface area contributed by atoms with Gasteiger partial charge in [0.1, 0.15) is 0 Å². The first-order chi connectivity index (χ1) is 8.56. The molecule has 0 spiro atoms. The largest absolute Gasteiger partial charge is 0.326 e. The highest BCUT2D eigenvalue weighted by Gasteiger charge is 2.11. The first-order valence-electron chi connectivity index (χ1n) is 5.68. The lowest BCUT2D eigenvalue weighted by Crippen LogP contribution is -2.22. The van der Waals surface area contributed by atoms with Crippen LogP contribution in [0.3, 0.4) is 0 Å². The fraction of sp³-hybridized carbons (Fsp3) is 0.333. The van der Waals surface area contributed by atoms with Crippen molar-refractivity contribution in [3.8, 4) is 0 Å². The average Bonchev–Trinajstić information content (AvgIpc) is 2.88. The molecule has 0 bridgehead atoms. The minimum Gasteiger partial charge on any atom is -0.326 e. The molecule has 2 aromatic heterocycles. The number of aryl methyl sites for hydroxylation is 1. The Morgan fingerprint density at radius 3 is 3.00 bits per heavy atom. The van der Waals surface area contributed by atoms with E-state index in [-0.39, 0.29) is 11.9 Å². The third-order valence-corrected chi connectivity index (χ3v) is 3.34. The Hall–Kier alpha value is -1.66. The molecule has 2 heterocycles. The van der Waals surface area contributed by atoms with Crippen LogP contribution < -0.4 is 11.1 Å². The molecular weight excluding hydrogens is 248 g/mol. The van der Waals surface area contributed by atoms with Gasteiger partial charge >= 0.3 is 0 Å². The number of hydrogen-bond donors (Lipinski definition) is 2. The number of nitrogens with two attached hydrogens (primary N) is 1. The van der Waals surface area contributed by atoms with Crippen molar-refractivity contribution in [3.63, 3.8) is 0 Å². The van der Waals surface area contributed by atoms with Crippen molar-refractivity contribution in [2.75, 3.05) is 5.32 Å². The molecule has 5 nitrogen and oxygen atoms in total. The molecule has 6 heteroatoms. The third kappa shape index (κ3) is 2.96. The van der Waals surface area contributed by atoms with E-state index in [4.69, 9.17) is 5.73 Å². The highest BCUT2D eigenvalue weighted by Crippen LogP contribution is 2.20. The first-order valence-corrected chi connectivity index (χ1v) is 6.62. The van der Waals surface area contributed by atoms with Gasteiger partial charge in [-0.25, -0.2) is 0 Å². The summed E-state index contributed by atoms with van der Waals surface area (Å²) in [4.78, 5) is 12.0. The van der Waals surface area contributed by atoms with E-state index in [1.165, 1.54) is 0 Å². The molecule has 1 unspecified atom stereocenters. The van der Waals surface area contributed by atoms with Crippen LogP contribution in [0.4, 0.5) is 5.69 Å². The SMILES string of the molecule is Cc1cscc1NC(=O)c1cnn(CC(C)N)c1. The minimum absolute atomic E-state index is 0.0138. The summed E-state index contributed by atoms with van der Waals surface area (Å²) in [5.74, 6) is -0.146. The molecule has 0 radical (unpaired) electrons. The van der Waals surface area contributed by atoms with Gasteiger partial charge in [-0.1, -0.05) is 0 Å². The van der Waals surface area contributed by atoms with Crippen LogP contribution in [-0.2, 0) is 6.54 Å². The number of aromatic nitrogens is 2. The number of amides is 1. The fourth-order valence-corrected chi connectivity index (χ4v) is 2.34. The highest BCUT2D eigenvalue weighted by atomic mass is 32.1. The molecule has 1 amide bonds. The Balaban J connectivity index is 2.05. The normalized spacial score (nSPS) is 12.4. The predicted octanol–water partition coefficient (Wildman–Crippen LogP) is 1.85. The number of thiophene rings is 1. The van der Waals surface area contributed by atoms with Crippen molar-refractivity contribution in [1.82, 2.24) is 9.78 Å². The summed E-state index contributed by atoms with van der Waals surface area (Å²) in [6.07, 6.45) is 3.26. The van der Waals surface area contributed by atoms with Crippen molar-refractivity contribution < 1.29 is 4.79 Å². The van der Waals surface area contributed by atoms with E-state index in [0.717, 1.165) is 11.3 Å². The van der Waals surface area contributed by atoms with Crippen molar-refractivity contribution in [2.24, 2.45) is 5.73 Å². The van der Waals surface area contributed by atoms with Crippen LogP contribution in [0, 0.1) is 6.92 Å². The van der Waals surface area contributed by atoms with Gasteiger partial charge in [-0.15, -0.1) is 11.3 Å². The smallest absolute Gasteiger partial charge is 0.258 e. The van der Waals surface area contributed by atoms with E-state index in [2.05, 4.69) is 10.4 Å². The van der Waals surface area contributed by atoms with Crippen LogP contribution in [0.1, 0.15) is 22.8 Å². The quantitative estimate of drug-likeness (QED) is 0.885. The summed E-state index contributed by atoms with van der Waals surface area (Å²) < 4.78 is 1.68. The fourth-order valence-electron chi connectivity index (χ4n) is 1.56. The lowest BCUT2D eigenvalue weighted by molar-refractivity contribution is 0.102. The standard InChI is InChI=1S/C12H16N4OS/c1-8-6-18-7-11(8)15-12(17)10-3-14-16(5-10)4-9(2)13/h3,5-7,9H,4,13H2,1-2H3,(H,15,17). The maximum Gasteiger partial charge on any atom is 0.258 e. The van der Waals surface area contributed by atoms with Crippen LogP contribution >= 0.6 is 11.3 Å². The zero-order valence-corrected chi connectivity index (χ0v) is 11.2. The Kier molecular flexibility index (Phi) is 3.78. The molecule has 96 valence electrons. The van der Waals surface area contributed by atoms with E-state index in [0.29, 0.717) is 12.1 Å². The Labute approximate surface area is 110 Å². The van der Waals surface area contributed by atoms with E-state index >= 15 is 0 Å². The lowest BCUT2D eigenvalue weighted by atomic mass is 10.3. The summed E-state index contributed by atoms with van der Waals surface area (Å²) in [6, 6.07) is 0.0138. The summed E-state index contributed by atoms with van der Waals surface area (Å²) >= 11 is 1.56. The van der Waals surface area contributed by atoms with Gasteiger partial charge in [0.2, 0.25) is 0 Å². The molecule has 0 aliphatic carbocycles. The van der Waals surface area contributed by atoms with Gasteiger partial charge in [0, 0.05) is 17.6 Å². The molecular formula is C12H16N4OS. The van der Waals surface area contributed by atoms with Gasteiger partial charge < -0.3 is 11.1 Å². The number of hydrogen-bond acceptors (Lipinski definition) is 4. The van der Waals surface area contributed by atoms with E-state index in [1.54, 1.807) is 28.4 Å². The van der Waals surface area contributed by atoms with Crippen LogP contribution in [0.5, 0.6) is 0 Å². The monoisotopic (exact) mass is 264 g/mol. The van der Waals surface area contributed by atoms with Gasteiger partial charge in [-0.2, -0.15) is 5.10 Å². The molecule has 1 atom stereocenters. The van der Waals surface area contributed by atoms with Gasteiger partial charge in [-0.3, -0.25) is 9.48 Å². The number of rotatable bonds is 4. The predicted molar refractivity (Wildman–Crippen MR) is 72.9 cm³/mol. The Bertz CT molecular complexity index is 544. The van der Waals surface area contributed by atoms with Crippen molar-refractivity contribution >= 4 is 22.9 Å². The van der Waals surface area contributed by atoms with Crippen molar-refractivity contribution in [2.45, 2.75) is 26.4 Å². The lowest BCUT2D eigenvalue weighted by Gasteiger charge is -2.04. The molecule has 0 aliphatic heterocycles. The summed E-state index contributed by atoms with van der Waals surface area (Å²) in [5.41, 5.74) is 8.14. The molecule has 0 aliphatic rings. The van der Waals surface area contributed by atoms with Crippen LogP contribution in [0.15, 0.2) is 23.2 Å². The van der Waals surface area contributed by atoms with Crippen molar-refractivity contribution in [1.29, 1.82) is 0 Å². The Morgan fingerprint density at radius 1 is 1.61 bits per heavy atom. The zero-order chi connectivity index (χ0) is 13.1. The van der Waals surface area contributed by atoms with E-state index in [9.17, 15) is 4.79 Å². The summed E-state index contributed by atoms with van der Waals surface area (Å²) in [7, 11) is 0. The average molecular weight is 264 g/mol. The van der Waals surface area contributed by atoms with Gasteiger partial charge in [0.15, 0.2) is 0 Å². The minimum atomic E-state index is -0.146. The summed E-state index contributed by atoms with van der Waals surface area (Å²) in [6.45, 7) is 4.46. The van der Waals surface area contributed by atoms with Crippen LogP contribution in [0.25, 0.3) is 0 Å².